The van der Waals surface area contributed by atoms with Crippen LogP contribution in [-0.4, -0.2) is 71.4 Å². The first kappa shape index (κ1) is 33.1. The SMILES string of the molecule is CC(C)(C)OC(=O)N1CCC(C(Oc2cc(Br)c(Cl)cc2NCC2CN(C(c3ccccc3)c3ccccc3)C2)C(=O)O)CC1. The van der Waals surface area contributed by atoms with Gasteiger partial charge in [-0.15, -0.1) is 0 Å². The molecule has 1 atom stereocenters. The Morgan fingerprint density at radius 3 is 2.11 bits per heavy atom. The van der Waals surface area contributed by atoms with E-state index in [2.05, 4.69) is 74.7 Å². The van der Waals surface area contributed by atoms with Gasteiger partial charge < -0.3 is 24.8 Å². The van der Waals surface area contributed by atoms with E-state index in [9.17, 15) is 14.7 Å². The number of amides is 1. The van der Waals surface area contributed by atoms with Crippen molar-refractivity contribution >= 4 is 45.3 Å². The third-order valence-corrected chi connectivity index (χ3v) is 9.50. The molecule has 2 N–H and O–H groups in total. The number of carboxylic acids is 1. The number of nitrogens with zero attached hydrogens (tertiary/aromatic N) is 2. The molecule has 1 amide bonds. The van der Waals surface area contributed by atoms with Crippen molar-refractivity contribution in [1.82, 2.24) is 9.80 Å². The molecule has 2 heterocycles. The van der Waals surface area contributed by atoms with E-state index in [1.807, 2.05) is 32.9 Å². The van der Waals surface area contributed by atoms with E-state index < -0.39 is 17.7 Å². The van der Waals surface area contributed by atoms with Crippen molar-refractivity contribution in [3.05, 3.63) is 93.4 Å². The van der Waals surface area contributed by atoms with E-state index in [-0.39, 0.29) is 18.1 Å². The number of nitrogens with one attached hydrogen (secondary N) is 1. The summed E-state index contributed by atoms with van der Waals surface area (Å²) in [4.78, 5) is 29.1. The lowest BCUT2D eigenvalue weighted by Gasteiger charge is -2.45. The van der Waals surface area contributed by atoms with Crippen LogP contribution in [-0.2, 0) is 9.53 Å². The van der Waals surface area contributed by atoms with Crippen LogP contribution in [0, 0.1) is 11.8 Å². The van der Waals surface area contributed by atoms with Gasteiger partial charge in [0.05, 0.1) is 16.8 Å². The van der Waals surface area contributed by atoms with Gasteiger partial charge in [0.15, 0.2) is 6.10 Å². The second-order valence-corrected chi connectivity index (χ2v) is 14.1. The van der Waals surface area contributed by atoms with Gasteiger partial charge in [0.25, 0.3) is 0 Å². The molecule has 0 aliphatic carbocycles. The lowest BCUT2D eigenvalue weighted by molar-refractivity contribution is -0.148. The van der Waals surface area contributed by atoms with Crippen LogP contribution in [0.4, 0.5) is 10.5 Å². The first-order valence-corrected chi connectivity index (χ1v) is 16.6. The molecule has 5 rings (SSSR count). The average Bonchev–Trinajstić information content (AvgIpc) is 2.99. The first-order valence-electron chi connectivity index (χ1n) is 15.4. The number of anilines is 1. The molecule has 0 saturated carbocycles. The number of aliphatic carboxylic acids is 1. The molecule has 0 bridgehead atoms. The zero-order chi connectivity index (χ0) is 32.1. The van der Waals surface area contributed by atoms with Gasteiger partial charge in [0, 0.05) is 49.0 Å². The summed E-state index contributed by atoms with van der Waals surface area (Å²) >= 11 is 9.94. The maximum atomic E-state index is 12.5. The highest BCUT2D eigenvalue weighted by Gasteiger charge is 2.37. The minimum absolute atomic E-state index is 0.183. The molecule has 10 heteroatoms. The molecule has 8 nitrogen and oxygen atoms in total. The summed E-state index contributed by atoms with van der Waals surface area (Å²) in [6.07, 6.45) is -0.461. The number of hydrogen-bond acceptors (Lipinski definition) is 6. The molecule has 2 saturated heterocycles. The van der Waals surface area contributed by atoms with Gasteiger partial charge in [-0.3, -0.25) is 4.90 Å². The molecule has 0 radical (unpaired) electrons. The van der Waals surface area contributed by atoms with Crippen LogP contribution in [0.3, 0.4) is 0 Å². The van der Waals surface area contributed by atoms with Crippen molar-refractivity contribution in [2.45, 2.75) is 51.4 Å². The van der Waals surface area contributed by atoms with Crippen LogP contribution in [0.15, 0.2) is 77.3 Å². The van der Waals surface area contributed by atoms with Crippen molar-refractivity contribution in [3.63, 3.8) is 0 Å². The third-order valence-electron chi connectivity index (χ3n) is 8.30. The number of carboxylic acid groups (broad SMARTS) is 1. The average molecular weight is 699 g/mol. The predicted octanol–water partition coefficient (Wildman–Crippen LogP) is 7.71. The Balaban J connectivity index is 1.22. The van der Waals surface area contributed by atoms with Crippen molar-refractivity contribution in [3.8, 4) is 5.75 Å². The maximum Gasteiger partial charge on any atom is 0.410 e. The number of piperidine rings is 1. The second-order valence-electron chi connectivity index (χ2n) is 12.9. The van der Waals surface area contributed by atoms with Crippen LogP contribution < -0.4 is 10.1 Å². The van der Waals surface area contributed by atoms with Gasteiger partial charge in [-0.25, -0.2) is 9.59 Å². The number of carbonyl (C=O) groups is 2. The number of rotatable bonds is 10. The van der Waals surface area contributed by atoms with Crippen LogP contribution >= 0.6 is 27.5 Å². The Morgan fingerprint density at radius 1 is 1.00 bits per heavy atom. The van der Waals surface area contributed by atoms with Crippen LogP contribution in [0.1, 0.15) is 50.8 Å². The molecular weight excluding hydrogens is 658 g/mol. The summed E-state index contributed by atoms with van der Waals surface area (Å²) in [6, 6.07) is 24.8. The van der Waals surface area contributed by atoms with E-state index >= 15 is 0 Å². The Kier molecular flexibility index (Phi) is 10.6. The summed E-state index contributed by atoms with van der Waals surface area (Å²) < 4.78 is 12.3. The predicted molar refractivity (Wildman–Crippen MR) is 180 cm³/mol. The van der Waals surface area contributed by atoms with Gasteiger partial charge in [-0.1, -0.05) is 72.3 Å². The smallest absolute Gasteiger partial charge is 0.410 e. The number of ether oxygens (including phenoxy) is 2. The lowest BCUT2D eigenvalue weighted by Crippen LogP contribution is -2.51. The Morgan fingerprint density at radius 2 is 1.58 bits per heavy atom. The van der Waals surface area contributed by atoms with E-state index in [1.165, 1.54) is 11.1 Å². The Labute approximate surface area is 278 Å². The number of benzene rings is 3. The molecule has 3 aromatic carbocycles. The molecule has 2 aliphatic rings. The standard InChI is InChI=1S/C35H41BrClN3O5/c1-35(2,3)45-34(43)39-16-14-26(15-17-39)32(33(41)42)44-30-18-27(36)28(37)19-29(30)38-20-23-21-40(22-23)31(24-10-6-4-7-11-24)25-12-8-5-9-13-25/h4-13,18-19,23,26,31-32,38H,14-17,20-22H2,1-3H3,(H,41,42). The van der Waals surface area contributed by atoms with Gasteiger partial charge in [-0.2, -0.15) is 0 Å². The number of halogens is 2. The molecule has 45 heavy (non-hydrogen) atoms. The summed E-state index contributed by atoms with van der Waals surface area (Å²) in [5, 5.41) is 14.2. The summed E-state index contributed by atoms with van der Waals surface area (Å²) in [5.74, 6) is -0.486. The van der Waals surface area contributed by atoms with E-state index in [0.717, 1.165) is 13.1 Å². The molecule has 1 unspecified atom stereocenters. The molecular formula is C35H41BrClN3O5. The third kappa shape index (κ3) is 8.51. The Hall–Kier alpha value is -3.27. The number of hydrogen-bond donors (Lipinski definition) is 2. The van der Waals surface area contributed by atoms with Crippen LogP contribution in [0.25, 0.3) is 0 Å². The lowest BCUT2D eigenvalue weighted by atomic mass is 9.90. The highest BCUT2D eigenvalue weighted by Crippen LogP contribution is 2.38. The number of carbonyl (C=O) groups excluding carboxylic acids is 1. The first-order chi connectivity index (χ1) is 21.5. The molecule has 240 valence electrons. The van der Waals surface area contributed by atoms with Gasteiger partial charge in [-0.05, 0) is 72.8 Å². The summed E-state index contributed by atoms with van der Waals surface area (Å²) in [7, 11) is 0. The van der Waals surface area contributed by atoms with E-state index in [0.29, 0.717) is 59.3 Å². The molecule has 2 fully saturated rings. The fourth-order valence-electron chi connectivity index (χ4n) is 6.05. The quantitative estimate of drug-likeness (QED) is 0.224. The molecule has 2 aliphatic heterocycles. The topological polar surface area (TPSA) is 91.3 Å². The largest absolute Gasteiger partial charge is 0.478 e. The molecule has 0 aromatic heterocycles. The maximum absolute atomic E-state index is 12.5. The molecule has 3 aromatic rings. The highest BCUT2D eigenvalue weighted by molar-refractivity contribution is 9.10. The zero-order valence-corrected chi connectivity index (χ0v) is 28.3. The number of likely N-dealkylation sites (tertiary alicyclic amines) is 2. The van der Waals surface area contributed by atoms with Crippen molar-refractivity contribution in [1.29, 1.82) is 0 Å². The fourth-order valence-corrected chi connectivity index (χ4v) is 6.54. The van der Waals surface area contributed by atoms with Crippen LogP contribution in [0.5, 0.6) is 5.75 Å². The summed E-state index contributed by atoms with van der Waals surface area (Å²) in [5.41, 5.74) is 2.60. The monoisotopic (exact) mass is 697 g/mol. The zero-order valence-electron chi connectivity index (χ0n) is 25.9. The van der Waals surface area contributed by atoms with E-state index in [4.69, 9.17) is 21.1 Å². The van der Waals surface area contributed by atoms with Crippen molar-refractivity contribution in [2.75, 3.05) is 38.0 Å². The van der Waals surface area contributed by atoms with Gasteiger partial charge >= 0.3 is 12.1 Å². The van der Waals surface area contributed by atoms with Gasteiger partial charge in [0.2, 0.25) is 0 Å². The van der Waals surface area contributed by atoms with Crippen molar-refractivity contribution < 1.29 is 24.2 Å². The summed E-state index contributed by atoms with van der Waals surface area (Å²) in [6.45, 7) is 8.82. The minimum atomic E-state index is -1.07. The van der Waals surface area contributed by atoms with Gasteiger partial charge in [0.1, 0.15) is 11.4 Å². The highest BCUT2D eigenvalue weighted by atomic mass is 79.9. The van der Waals surface area contributed by atoms with Crippen LogP contribution in [0.2, 0.25) is 5.02 Å². The molecule has 0 spiro atoms. The fraction of sp³-hybridized carbons (Fsp3) is 0.429. The Bertz CT molecular complexity index is 1420. The van der Waals surface area contributed by atoms with Crippen molar-refractivity contribution in [2.24, 2.45) is 11.8 Å². The second kappa shape index (κ2) is 14.4. The normalized spacial score (nSPS) is 17.1. The minimum Gasteiger partial charge on any atom is -0.478 e. The van der Waals surface area contributed by atoms with E-state index in [1.54, 1.807) is 17.0 Å².